The highest BCUT2D eigenvalue weighted by atomic mass is 32.2. The Balaban J connectivity index is 1.71. The van der Waals surface area contributed by atoms with Crippen LogP contribution in [-0.4, -0.2) is 44.4 Å². The fourth-order valence-electron chi connectivity index (χ4n) is 2.50. The van der Waals surface area contributed by atoms with Crippen LogP contribution in [-0.2, 0) is 11.8 Å². The summed E-state index contributed by atoms with van der Waals surface area (Å²) in [4.78, 5) is 13.9. The standard InChI is InChI=1S/C15H17FN4OS/c1-19-14(11-6-2-3-7-12(11)16)17-18-15(19)22-10-13(21)20-8-4-5-9-20/h2-3,6-7H,4-5,8-10H2,1H3. The van der Waals surface area contributed by atoms with Gasteiger partial charge in [-0.1, -0.05) is 23.9 Å². The van der Waals surface area contributed by atoms with Gasteiger partial charge in [0.15, 0.2) is 11.0 Å². The molecular weight excluding hydrogens is 303 g/mol. The second-order valence-corrected chi connectivity index (χ2v) is 6.16. The van der Waals surface area contributed by atoms with E-state index in [1.54, 1.807) is 29.8 Å². The molecule has 1 aromatic heterocycles. The number of halogens is 1. The minimum absolute atomic E-state index is 0.123. The Labute approximate surface area is 132 Å². The van der Waals surface area contributed by atoms with E-state index in [0.717, 1.165) is 25.9 Å². The van der Waals surface area contributed by atoms with Crippen LogP contribution in [0.25, 0.3) is 11.4 Å². The number of rotatable bonds is 4. The van der Waals surface area contributed by atoms with Crippen LogP contribution < -0.4 is 0 Å². The first kappa shape index (κ1) is 15.0. The topological polar surface area (TPSA) is 51.0 Å². The number of hydrogen-bond donors (Lipinski definition) is 0. The van der Waals surface area contributed by atoms with Crippen molar-refractivity contribution in [3.05, 3.63) is 30.1 Å². The summed E-state index contributed by atoms with van der Waals surface area (Å²) in [6, 6.07) is 6.47. The van der Waals surface area contributed by atoms with Crippen LogP contribution in [0.1, 0.15) is 12.8 Å². The van der Waals surface area contributed by atoms with Gasteiger partial charge in [-0.2, -0.15) is 0 Å². The van der Waals surface area contributed by atoms with Crippen LogP contribution >= 0.6 is 11.8 Å². The molecule has 1 aromatic carbocycles. The van der Waals surface area contributed by atoms with Crippen LogP contribution in [0, 0.1) is 5.82 Å². The van der Waals surface area contributed by atoms with Crippen molar-refractivity contribution in [2.45, 2.75) is 18.0 Å². The maximum Gasteiger partial charge on any atom is 0.233 e. The third kappa shape index (κ3) is 2.99. The zero-order valence-corrected chi connectivity index (χ0v) is 13.1. The van der Waals surface area contributed by atoms with E-state index in [-0.39, 0.29) is 11.7 Å². The molecule has 5 nitrogen and oxygen atoms in total. The van der Waals surface area contributed by atoms with Crippen molar-refractivity contribution in [1.29, 1.82) is 0 Å². The van der Waals surface area contributed by atoms with Gasteiger partial charge in [-0.3, -0.25) is 4.79 Å². The number of aromatic nitrogens is 3. The van der Waals surface area contributed by atoms with E-state index in [1.165, 1.54) is 17.8 Å². The maximum atomic E-state index is 13.8. The van der Waals surface area contributed by atoms with Gasteiger partial charge in [-0.05, 0) is 25.0 Å². The highest BCUT2D eigenvalue weighted by molar-refractivity contribution is 7.99. The highest BCUT2D eigenvalue weighted by Gasteiger charge is 2.20. The second-order valence-electron chi connectivity index (χ2n) is 5.22. The molecule has 0 spiro atoms. The molecule has 0 unspecified atom stereocenters. The van der Waals surface area contributed by atoms with Crippen molar-refractivity contribution in [3.8, 4) is 11.4 Å². The molecule has 3 rings (SSSR count). The monoisotopic (exact) mass is 320 g/mol. The predicted octanol–water partition coefficient (Wildman–Crippen LogP) is 2.34. The van der Waals surface area contributed by atoms with Gasteiger partial charge in [0, 0.05) is 20.1 Å². The number of thioether (sulfide) groups is 1. The number of carbonyl (C=O) groups excluding carboxylic acids is 1. The number of benzene rings is 1. The summed E-state index contributed by atoms with van der Waals surface area (Å²) < 4.78 is 15.6. The molecule has 1 fully saturated rings. The van der Waals surface area contributed by atoms with Gasteiger partial charge in [0.25, 0.3) is 0 Å². The third-order valence-electron chi connectivity index (χ3n) is 3.73. The summed E-state index contributed by atoms with van der Waals surface area (Å²) in [6.45, 7) is 1.69. The van der Waals surface area contributed by atoms with Crippen LogP contribution in [0.5, 0.6) is 0 Å². The van der Waals surface area contributed by atoms with Crippen molar-refractivity contribution in [3.63, 3.8) is 0 Å². The summed E-state index contributed by atoms with van der Waals surface area (Å²) >= 11 is 1.34. The SMILES string of the molecule is Cn1c(SCC(=O)N2CCCC2)nnc1-c1ccccc1F. The largest absolute Gasteiger partial charge is 0.342 e. The number of likely N-dealkylation sites (tertiary alicyclic amines) is 1. The molecule has 2 aromatic rings. The van der Waals surface area contributed by atoms with Gasteiger partial charge in [0.1, 0.15) is 5.82 Å². The Bertz CT molecular complexity index is 682. The quantitative estimate of drug-likeness (QED) is 0.812. The van der Waals surface area contributed by atoms with Gasteiger partial charge < -0.3 is 9.47 Å². The molecule has 1 amide bonds. The van der Waals surface area contributed by atoms with Gasteiger partial charge in [0.05, 0.1) is 11.3 Å². The van der Waals surface area contributed by atoms with Crippen molar-refractivity contribution < 1.29 is 9.18 Å². The Kier molecular flexibility index (Phi) is 4.42. The zero-order chi connectivity index (χ0) is 15.5. The molecule has 0 atom stereocenters. The Morgan fingerprint density at radius 3 is 2.73 bits per heavy atom. The van der Waals surface area contributed by atoms with Crippen LogP contribution in [0.2, 0.25) is 0 Å². The maximum absolute atomic E-state index is 13.8. The Morgan fingerprint density at radius 1 is 1.27 bits per heavy atom. The van der Waals surface area contributed by atoms with E-state index < -0.39 is 0 Å². The number of amides is 1. The van der Waals surface area contributed by atoms with E-state index in [2.05, 4.69) is 10.2 Å². The lowest BCUT2D eigenvalue weighted by Crippen LogP contribution is -2.29. The molecule has 1 saturated heterocycles. The average Bonchev–Trinajstić information content (AvgIpc) is 3.16. The lowest BCUT2D eigenvalue weighted by molar-refractivity contribution is -0.127. The van der Waals surface area contributed by atoms with Crippen molar-refractivity contribution >= 4 is 17.7 Å². The molecule has 1 aliphatic heterocycles. The summed E-state index contributed by atoms with van der Waals surface area (Å²) in [7, 11) is 1.78. The molecule has 0 bridgehead atoms. The smallest absolute Gasteiger partial charge is 0.233 e. The second kappa shape index (κ2) is 6.48. The first-order chi connectivity index (χ1) is 10.7. The van der Waals surface area contributed by atoms with Crippen LogP contribution in [0.3, 0.4) is 0 Å². The molecule has 7 heteroatoms. The first-order valence-electron chi connectivity index (χ1n) is 7.21. The van der Waals surface area contributed by atoms with E-state index in [1.807, 2.05) is 4.90 Å². The zero-order valence-electron chi connectivity index (χ0n) is 12.3. The van der Waals surface area contributed by atoms with E-state index >= 15 is 0 Å². The predicted molar refractivity (Wildman–Crippen MR) is 82.9 cm³/mol. The van der Waals surface area contributed by atoms with Crippen molar-refractivity contribution in [2.75, 3.05) is 18.8 Å². The molecule has 0 saturated carbocycles. The average molecular weight is 320 g/mol. The third-order valence-corrected chi connectivity index (χ3v) is 4.74. The Morgan fingerprint density at radius 2 is 2.00 bits per heavy atom. The van der Waals surface area contributed by atoms with Crippen LogP contribution in [0.4, 0.5) is 4.39 Å². The lowest BCUT2D eigenvalue weighted by Gasteiger charge is -2.14. The summed E-state index contributed by atoms with van der Waals surface area (Å²) in [5, 5.41) is 8.74. The summed E-state index contributed by atoms with van der Waals surface area (Å²) in [5.74, 6) is 0.596. The molecule has 0 radical (unpaired) electrons. The molecule has 0 N–H and O–H groups in total. The number of nitrogens with zero attached hydrogens (tertiary/aromatic N) is 4. The van der Waals surface area contributed by atoms with E-state index in [0.29, 0.717) is 22.3 Å². The fourth-order valence-corrected chi connectivity index (χ4v) is 3.32. The molecule has 2 heterocycles. The Hall–Kier alpha value is -1.89. The van der Waals surface area contributed by atoms with E-state index in [4.69, 9.17) is 0 Å². The summed E-state index contributed by atoms with van der Waals surface area (Å²) in [5.41, 5.74) is 0.412. The minimum Gasteiger partial charge on any atom is -0.342 e. The molecule has 116 valence electrons. The number of hydrogen-bond acceptors (Lipinski definition) is 4. The highest BCUT2D eigenvalue weighted by Crippen LogP contribution is 2.25. The molecule has 22 heavy (non-hydrogen) atoms. The van der Waals surface area contributed by atoms with E-state index in [9.17, 15) is 9.18 Å². The molecule has 1 aliphatic rings. The summed E-state index contributed by atoms with van der Waals surface area (Å²) in [6.07, 6.45) is 2.16. The van der Waals surface area contributed by atoms with Gasteiger partial charge in [0.2, 0.25) is 5.91 Å². The van der Waals surface area contributed by atoms with Gasteiger partial charge in [-0.25, -0.2) is 4.39 Å². The molecule has 0 aliphatic carbocycles. The number of carbonyl (C=O) groups is 1. The lowest BCUT2D eigenvalue weighted by atomic mass is 10.2. The molecular formula is C15H17FN4OS. The van der Waals surface area contributed by atoms with Gasteiger partial charge >= 0.3 is 0 Å². The minimum atomic E-state index is -0.331. The van der Waals surface area contributed by atoms with Gasteiger partial charge in [-0.15, -0.1) is 10.2 Å². The normalized spacial score (nSPS) is 14.5. The fraction of sp³-hybridized carbons (Fsp3) is 0.400. The first-order valence-corrected chi connectivity index (χ1v) is 8.20. The van der Waals surface area contributed by atoms with Crippen molar-refractivity contribution in [2.24, 2.45) is 7.05 Å². The van der Waals surface area contributed by atoms with Crippen molar-refractivity contribution in [1.82, 2.24) is 19.7 Å². The van der Waals surface area contributed by atoms with Crippen LogP contribution in [0.15, 0.2) is 29.4 Å².